The number of Topliss-reactive ketones (excluding diaryl/α,β-unsaturated/α-hetero) is 1. The van der Waals surface area contributed by atoms with E-state index >= 15 is 0 Å². The van der Waals surface area contributed by atoms with Crippen molar-refractivity contribution >= 4 is 69.7 Å². The number of allylic oxidation sites excluding steroid dienone is 2. The van der Waals surface area contributed by atoms with Crippen LogP contribution < -0.4 is 10.1 Å². The van der Waals surface area contributed by atoms with Crippen molar-refractivity contribution in [3.63, 3.8) is 0 Å². The van der Waals surface area contributed by atoms with Crippen LogP contribution in [-0.2, 0) is 14.4 Å². The van der Waals surface area contributed by atoms with E-state index in [-0.39, 0.29) is 30.0 Å². The summed E-state index contributed by atoms with van der Waals surface area (Å²) in [6, 6.07) is 12.5. The number of hydrogen-bond donors (Lipinski definition) is 2. The van der Waals surface area contributed by atoms with Crippen molar-refractivity contribution in [1.29, 1.82) is 0 Å². The predicted octanol–water partition coefficient (Wildman–Crippen LogP) is 9.94. The van der Waals surface area contributed by atoms with Crippen molar-refractivity contribution in [3.8, 4) is 5.75 Å². The molecule has 0 radical (unpaired) electrons. The Morgan fingerprint density at radius 2 is 1.87 bits per heavy atom. The first-order chi connectivity index (χ1) is 21.5. The van der Waals surface area contributed by atoms with Crippen molar-refractivity contribution in [2.24, 2.45) is 11.1 Å². The highest BCUT2D eigenvalue weighted by Crippen LogP contribution is 2.34. The summed E-state index contributed by atoms with van der Waals surface area (Å²) in [5.41, 5.74) is 3.71. The first kappa shape index (κ1) is 38.5. The van der Waals surface area contributed by atoms with Crippen molar-refractivity contribution in [2.75, 3.05) is 17.7 Å². The average Bonchev–Trinajstić information content (AvgIpc) is 3.00. The number of aliphatic hydroxyl groups is 1. The van der Waals surface area contributed by atoms with Crippen LogP contribution in [0.2, 0.25) is 10.0 Å². The summed E-state index contributed by atoms with van der Waals surface area (Å²) >= 11 is 19.5. The molecular formula is C34H43Cl3N2O5S. The minimum Gasteiger partial charge on any atom is -0.511 e. The monoisotopic (exact) mass is 696 g/mol. The molecule has 2 aromatic rings. The van der Waals surface area contributed by atoms with E-state index in [1.165, 1.54) is 5.54 Å². The number of nitrogens with one attached hydrogen (secondary N) is 1. The van der Waals surface area contributed by atoms with Crippen molar-refractivity contribution < 1.29 is 24.3 Å². The maximum atomic E-state index is 12.6. The van der Waals surface area contributed by atoms with Crippen LogP contribution in [0.1, 0.15) is 65.4 Å². The Morgan fingerprint density at radius 1 is 1.16 bits per heavy atom. The lowest BCUT2D eigenvalue weighted by atomic mass is 9.82. The van der Waals surface area contributed by atoms with Gasteiger partial charge in [0.05, 0.1) is 16.3 Å². The summed E-state index contributed by atoms with van der Waals surface area (Å²) in [7, 11) is 0. The minimum absolute atomic E-state index is 0.0267. The lowest BCUT2D eigenvalue weighted by Gasteiger charge is -2.25. The van der Waals surface area contributed by atoms with E-state index in [0.717, 1.165) is 29.8 Å². The van der Waals surface area contributed by atoms with Crippen LogP contribution in [0.5, 0.6) is 5.75 Å². The van der Waals surface area contributed by atoms with Gasteiger partial charge in [-0.15, -0.1) is 0 Å². The van der Waals surface area contributed by atoms with Gasteiger partial charge >= 0.3 is 0 Å². The highest BCUT2D eigenvalue weighted by molar-refractivity contribution is 7.99. The molecule has 0 saturated carbocycles. The van der Waals surface area contributed by atoms with Crippen LogP contribution in [0.3, 0.4) is 0 Å². The van der Waals surface area contributed by atoms with E-state index in [1.807, 2.05) is 49.0 Å². The molecule has 0 heterocycles. The highest BCUT2D eigenvalue weighted by atomic mass is 35.5. The number of benzene rings is 2. The Kier molecular flexibility index (Phi) is 17.5. The van der Waals surface area contributed by atoms with E-state index in [9.17, 15) is 14.7 Å². The van der Waals surface area contributed by atoms with Crippen LogP contribution in [0.15, 0.2) is 70.6 Å². The normalized spacial score (nSPS) is 16.6. The summed E-state index contributed by atoms with van der Waals surface area (Å²) in [5.74, 6) is 1.60. The molecule has 3 rings (SSSR count). The molecule has 0 saturated heterocycles. The van der Waals surface area contributed by atoms with Gasteiger partial charge in [-0.05, 0) is 74.3 Å². The third kappa shape index (κ3) is 12.9. The molecule has 0 aliphatic heterocycles. The van der Waals surface area contributed by atoms with Gasteiger partial charge in [0, 0.05) is 34.3 Å². The van der Waals surface area contributed by atoms with Gasteiger partial charge in [-0.3, -0.25) is 9.59 Å². The van der Waals surface area contributed by atoms with E-state index in [0.29, 0.717) is 51.6 Å². The molecule has 0 aromatic heterocycles. The summed E-state index contributed by atoms with van der Waals surface area (Å²) in [6.45, 7) is 10.0. The smallest absolute Gasteiger partial charge is 0.265 e. The van der Waals surface area contributed by atoms with Gasteiger partial charge < -0.3 is 20.0 Å². The second-order valence-electron chi connectivity index (χ2n) is 10.6. The number of thioether (sulfide) groups is 1. The Morgan fingerprint density at radius 3 is 2.49 bits per heavy atom. The fourth-order valence-electron chi connectivity index (χ4n) is 4.67. The van der Waals surface area contributed by atoms with Crippen molar-refractivity contribution in [1.82, 2.24) is 0 Å². The zero-order valence-corrected chi connectivity index (χ0v) is 29.5. The van der Waals surface area contributed by atoms with Crippen molar-refractivity contribution in [2.45, 2.75) is 78.1 Å². The van der Waals surface area contributed by atoms with Crippen LogP contribution in [0.25, 0.3) is 0 Å². The molecule has 3 atom stereocenters. The molecule has 1 aliphatic carbocycles. The summed E-state index contributed by atoms with van der Waals surface area (Å²) < 4.78 is 5.61. The molecule has 2 aromatic carbocycles. The number of nitrogens with zero attached hydrogens (tertiary/aromatic N) is 1. The lowest BCUT2D eigenvalue weighted by Crippen LogP contribution is -2.30. The molecule has 246 valence electrons. The number of ether oxygens (including phenoxy) is 1. The largest absolute Gasteiger partial charge is 0.511 e. The molecule has 1 amide bonds. The Balaban J connectivity index is 0.000000316. The standard InChI is InChI=1S/C18H28ClNO3S.C16H15Cl2NO2/c1-4-7-15(20-23-9-6-8-19)18-16(21)11-14(12-17(18)22)10-13(3)24-5-2;1-10-13(17)8-9-14(15(10)18)21-11(2)16(20)19-12-6-4-3-5-7-12/h6,8,13-14,21H,4-5,7,9-12H2,1-3H3;3-9,11H,1-2H3,(H,19,20)/b8-6+,20-15+;. The Labute approximate surface area is 286 Å². The second kappa shape index (κ2) is 20.5. The van der Waals surface area contributed by atoms with Gasteiger partial charge in [0.1, 0.15) is 18.1 Å². The molecular weight excluding hydrogens is 655 g/mol. The predicted molar refractivity (Wildman–Crippen MR) is 189 cm³/mol. The van der Waals surface area contributed by atoms with Gasteiger partial charge in [0.25, 0.3) is 5.91 Å². The minimum atomic E-state index is -0.678. The Bertz CT molecular complexity index is 1350. The molecule has 7 nitrogen and oxygen atoms in total. The summed E-state index contributed by atoms with van der Waals surface area (Å²) in [4.78, 5) is 29.8. The van der Waals surface area contributed by atoms with Crippen molar-refractivity contribution in [3.05, 3.63) is 81.0 Å². The third-order valence-corrected chi connectivity index (χ3v) is 9.00. The van der Waals surface area contributed by atoms with Crippen LogP contribution in [0.4, 0.5) is 5.69 Å². The quantitative estimate of drug-likeness (QED) is 0.116. The summed E-state index contributed by atoms with van der Waals surface area (Å²) in [6.07, 6.45) is 4.32. The molecule has 0 fully saturated rings. The first-order valence-electron chi connectivity index (χ1n) is 15.0. The number of rotatable bonds is 14. The average molecular weight is 698 g/mol. The first-order valence-corrected chi connectivity index (χ1v) is 17.2. The Hall–Kier alpha value is -2.65. The second-order valence-corrected chi connectivity index (χ2v) is 13.3. The number of carbonyl (C=O) groups is 2. The number of halogens is 3. The van der Waals surface area contributed by atoms with Crippen LogP contribution in [-0.4, -0.2) is 46.2 Å². The van der Waals surface area contributed by atoms with Gasteiger partial charge in [0.15, 0.2) is 11.9 Å². The number of ketones is 1. The number of amides is 1. The number of carbonyl (C=O) groups excluding carboxylic acids is 2. The van der Waals surface area contributed by atoms with E-state index < -0.39 is 6.10 Å². The lowest BCUT2D eigenvalue weighted by molar-refractivity contribution is -0.122. The molecule has 45 heavy (non-hydrogen) atoms. The molecule has 0 spiro atoms. The maximum Gasteiger partial charge on any atom is 0.265 e. The van der Waals surface area contributed by atoms with Gasteiger partial charge in [0.2, 0.25) is 0 Å². The van der Waals surface area contributed by atoms with Gasteiger partial charge in [-0.1, -0.05) is 85.3 Å². The zero-order chi connectivity index (χ0) is 33.4. The number of anilines is 1. The van der Waals surface area contributed by atoms with E-state index in [2.05, 4.69) is 24.3 Å². The molecule has 0 bridgehead atoms. The SMILES string of the molecule is CCC/C(=N\OC/C=C/Cl)C1=C(O)CC(CC(C)SCC)CC1=O.Cc1c(Cl)ccc(OC(C)C(=O)Nc2ccccc2)c1Cl. The maximum absolute atomic E-state index is 12.6. The topological polar surface area (TPSA) is 97.2 Å². The third-order valence-electron chi connectivity index (χ3n) is 6.85. The number of oxime groups is 1. The van der Waals surface area contributed by atoms with Crippen LogP contribution >= 0.6 is 46.6 Å². The summed E-state index contributed by atoms with van der Waals surface area (Å²) in [5, 5.41) is 18.7. The zero-order valence-electron chi connectivity index (χ0n) is 26.4. The van der Waals surface area contributed by atoms with E-state index in [4.69, 9.17) is 44.4 Å². The highest BCUT2D eigenvalue weighted by Gasteiger charge is 2.31. The molecule has 11 heteroatoms. The molecule has 3 unspecified atom stereocenters. The number of hydrogen-bond acceptors (Lipinski definition) is 7. The fourth-order valence-corrected chi connectivity index (χ4v) is 6.14. The van der Waals surface area contributed by atoms with Crippen LogP contribution in [0, 0.1) is 12.8 Å². The van der Waals surface area contributed by atoms with Gasteiger partial charge in [-0.25, -0.2) is 0 Å². The number of para-hydroxylation sites is 1. The molecule has 1 aliphatic rings. The molecule has 2 N–H and O–H groups in total. The van der Waals surface area contributed by atoms with E-state index in [1.54, 1.807) is 32.1 Å². The number of aliphatic hydroxyl groups excluding tert-OH is 1. The van der Waals surface area contributed by atoms with Gasteiger partial charge in [-0.2, -0.15) is 11.8 Å². The fraction of sp³-hybridized carbons (Fsp3) is 0.441.